The van der Waals surface area contributed by atoms with Crippen molar-refractivity contribution < 1.29 is 27.5 Å². The van der Waals surface area contributed by atoms with Crippen molar-refractivity contribution >= 4 is 5.97 Å². The van der Waals surface area contributed by atoms with Gasteiger partial charge in [-0.05, 0) is 24.1 Å². The van der Waals surface area contributed by atoms with Crippen LogP contribution in [0.1, 0.15) is 24.5 Å². The molecule has 2 unspecified atom stereocenters. The van der Waals surface area contributed by atoms with Gasteiger partial charge in [-0.25, -0.2) is 4.39 Å². The van der Waals surface area contributed by atoms with Crippen LogP contribution in [0.15, 0.2) is 18.2 Å². The van der Waals surface area contributed by atoms with Crippen molar-refractivity contribution in [1.29, 1.82) is 0 Å². The first-order chi connectivity index (χ1) is 8.16. The fraction of sp³-hybridized carbons (Fsp3) is 0.417. The second kappa shape index (κ2) is 3.70. The van der Waals surface area contributed by atoms with Gasteiger partial charge in [0.2, 0.25) is 0 Å². The van der Waals surface area contributed by atoms with E-state index in [-0.39, 0.29) is 0 Å². The molecule has 0 aliphatic heterocycles. The van der Waals surface area contributed by atoms with Crippen molar-refractivity contribution in [2.75, 3.05) is 0 Å². The predicted molar refractivity (Wildman–Crippen MR) is 54.5 cm³/mol. The molecule has 1 aliphatic rings. The molecular formula is C12H10F4O2. The SMILES string of the molecule is CC1(c2ccc(C(F)(F)F)c(F)c2)CC1C(=O)O. The topological polar surface area (TPSA) is 37.3 Å². The molecule has 0 aromatic heterocycles. The minimum atomic E-state index is -4.74. The van der Waals surface area contributed by atoms with E-state index in [4.69, 9.17) is 5.11 Å². The van der Waals surface area contributed by atoms with Gasteiger partial charge < -0.3 is 5.11 Å². The van der Waals surface area contributed by atoms with Crippen LogP contribution in [0.4, 0.5) is 17.6 Å². The van der Waals surface area contributed by atoms with Crippen molar-refractivity contribution in [3.63, 3.8) is 0 Å². The molecule has 6 heteroatoms. The van der Waals surface area contributed by atoms with Crippen LogP contribution in [0.25, 0.3) is 0 Å². The molecule has 1 aliphatic carbocycles. The average molecular weight is 262 g/mol. The monoisotopic (exact) mass is 262 g/mol. The summed E-state index contributed by atoms with van der Waals surface area (Å²) in [7, 11) is 0. The second-order valence-electron chi connectivity index (χ2n) is 4.70. The van der Waals surface area contributed by atoms with Crippen LogP contribution >= 0.6 is 0 Å². The zero-order chi connectivity index (χ0) is 13.7. The molecule has 0 radical (unpaired) electrons. The van der Waals surface area contributed by atoms with E-state index < -0.39 is 34.9 Å². The van der Waals surface area contributed by atoms with Gasteiger partial charge in [-0.3, -0.25) is 4.79 Å². The smallest absolute Gasteiger partial charge is 0.419 e. The van der Waals surface area contributed by atoms with Crippen molar-refractivity contribution in [2.24, 2.45) is 5.92 Å². The third-order valence-electron chi connectivity index (χ3n) is 3.47. The Kier molecular flexibility index (Phi) is 2.64. The van der Waals surface area contributed by atoms with E-state index in [0.29, 0.717) is 18.1 Å². The Hall–Kier alpha value is -1.59. The van der Waals surface area contributed by atoms with Gasteiger partial charge in [0.25, 0.3) is 0 Å². The Bertz CT molecular complexity index is 509. The highest BCUT2D eigenvalue weighted by Crippen LogP contribution is 2.54. The number of aliphatic carboxylic acids is 1. The van der Waals surface area contributed by atoms with Crippen molar-refractivity contribution in [3.8, 4) is 0 Å². The minimum absolute atomic E-state index is 0.292. The summed E-state index contributed by atoms with van der Waals surface area (Å²) < 4.78 is 50.5. The Morgan fingerprint density at radius 2 is 2.06 bits per heavy atom. The lowest BCUT2D eigenvalue weighted by atomic mass is 9.94. The number of carbonyl (C=O) groups is 1. The predicted octanol–water partition coefficient (Wildman–Crippen LogP) is 3.21. The number of carboxylic acids is 1. The average Bonchev–Trinajstić information content (AvgIpc) is 2.90. The van der Waals surface area contributed by atoms with Crippen LogP contribution in [0.5, 0.6) is 0 Å². The number of hydrogen-bond donors (Lipinski definition) is 1. The maximum atomic E-state index is 13.4. The van der Waals surface area contributed by atoms with E-state index in [2.05, 4.69) is 0 Å². The maximum absolute atomic E-state index is 13.4. The quantitative estimate of drug-likeness (QED) is 0.831. The third kappa shape index (κ3) is 1.95. The maximum Gasteiger partial charge on any atom is 0.419 e. The summed E-state index contributed by atoms with van der Waals surface area (Å²) in [4.78, 5) is 10.8. The molecule has 1 aromatic rings. The molecule has 0 bridgehead atoms. The summed E-state index contributed by atoms with van der Waals surface area (Å²) in [6.45, 7) is 1.60. The number of hydrogen-bond acceptors (Lipinski definition) is 1. The molecule has 2 nitrogen and oxygen atoms in total. The van der Waals surface area contributed by atoms with E-state index in [1.165, 1.54) is 0 Å². The fourth-order valence-corrected chi connectivity index (χ4v) is 2.14. The summed E-state index contributed by atoms with van der Waals surface area (Å²) in [5.41, 5.74) is -1.81. The number of alkyl halides is 3. The normalized spacial score (nSPS) is 27.1. The molecule has 98 valence electrons. The van der Waals surface area contributed by atoms with Crippen LogP contribution < -0.4 is 0 Å². The third-order valence-corrected chi connectivity index (χ3v) is 3.47. The number of halogens is 4. The molecule has 1 N–H and O–H groups in total. The van der Waals surface area contributed by atoms with Gasteiger partial charge in [0.1, 0.15) is 5.82 Å². The lowest BCUT2D eigenvalue weighted by Crippen LogP contribution is -2.13. The first-order valence-corrected chi connectivity index (χ1v) is 5.26. The molecule has 1 fully saturated rings. The Balaban J connectivity index is 2.34. The minimum Gasteiger partial charge on any atom is -0.481 e. The zero-order valence-corrected chi connectivity index (χ0v) is 9.38. The van der Waals surface area contributed by atoms with Crippen molar-refractivity contribution in [3.05, 3.63) is 35.1 Å². The highest BCUT2D eigenvalue weighted by Gasteiger charge is 2.56. The summed E-state index contributed by atoms with van der Waals surface area (Å²) in [6.07, 6.45) is -4.42. The number of rotatable bonds is 2. The van der Waals surface area contributed by atoms with E-state index in [1.54, 1.807) is 6.92 Å². The van der Waals surface area contributed by atoms with Crippen molar-refractivity contribution in [1.82, 2.24) is 0 Å². The standard InChI is InChI=1S/C12H10F4O2/c1-11(5-8(11)10(17)18)6-2-3-7(9(13)4-6)12(14,15)16/h2-4,8H,5H2,1H3,(H,17,18). The molecule has 18 heavy (non-hydrogen) atoms. The van der Waals surface area contributed by atoms with Crippen LogP contribution in [0.2, 0.25) is 0 Å². The lowest BCUT2D eigenvalue weighted by molar-refractivity contribution is -0.140. The zero-order valence-electron chi connectivity index (χ0n) is 9.38. The van der Waals surface area contributed by atoms with Gasteiger partial charge in [0.15, 0.2) is 0 Å². The summed E-state index contributed by atoms with van der Waals surface area (Å²) in [6, 6.07) is 2.59. The van der Waals surface area contributed by atoms with Gasteiger partial charge in [0, 0.05) is 5.41 Å². The van der Waals surface area contributed by atoms with Crippen LogP contribution in [0, 0.1) is 11.7 Å². The van der Waals surface area contributed by atoms with Crippen LogP contribution in [-0.4, -0.2) is 11.1 Å². The Morgan fingerprint density at radius 1 is 1.44 bits per heavy atom. The van der Waals surface area contributed by atoms with E-state index in [1.807, 2.05) is 0 Å². The van der Waals surface area contributed by atoms with Gasteiger partial charge in [-0.15, -0.1) is 0 Å². The van der Waals surface area contributed by atoms with E-state index in [0.717, 1.165) is 12.1 Å². The molecule has 0 heterocycles. The van der Waals surface area contributed by atoms with Gasteiger partial charge >= 0.3 is 12.1 Å². The molecule has 0 amide bonds. The lowest BCUT2D eigenvalue weighted by Gasteiger charge is -2.13. The molecule has 0 saturated heterocycles. The number of carboxylic acid groups (broad SMARTS) is 1. The van der Waals surface area contributed by atoms with Gasteiger partial charge in [-0.2, -0.15) is 13.2 Å². The first kappa shape index (κ1) is 12.9. The summed E-state index contributed by atoms with van der Waals surface area (Å²) in [5, 5.41) is 8.83. The highest BCUT2D eigenvalue weighted by atomic mass is 19.4. The molecule has 2 rings (SSSR count). The molecule has 1 saturated carbocycles. The molecule has 2 atom stereocenters. The van der Waals surface area contributed by atoms with E-state index in [9.17, 15) is 22.4 Å². The molecule has 1 aromatic carbocycles. The van der Waals surface area contributed by atoms with Crippen LogP contribution in [-0.2, 0) is 16.4 Å². The Morgan fingerprint density at radius 3 is 2.44 bits per heavy atom. The molecule has 0 spiro atoms. The number of benzene rings is 1. The summed E-state index contributed by atoms with van der Waals surface area (Å²) in [5.74, 6) is -3.04. The highest BCUT2D eigenvalue weighted by molar-refractivity contribution is 5.77. The summed E-state index contributed by atoms with van der Waals surface area (Å²) >= 11 is 0. The van der Waals surface area contributed by atoms with Crippen LogP contribution in [0.3, 0.4) is 0 Å². The second-order valence-corrected chi connectivity index (χ2v) is 4.70. The van der Waals surface area contributed by atoms with Crippen molar-refractivity contribution in [2.45, 2.75) is 24.9 Å². The van der Waals surface area contributed by atoms with Gasteiger partial charge in [0.05, 0.1) is 11.5 Å². The Labute approximate surface area is 100 Å². The van der Waals surface area contributed by atoms with Gasteiger partial charge in [-0.1, -0.05) is 13.0 Å². The fourth-order valence-electron chi connectivity index (χ4n) is 2.14. The largest absolute Gasteiger partial charge is 0.481 e. The first-order valence-electron chi connectivity index (χ1n) is 5.26. The molecular weight excluding hydrogens is 252 g/mol. The van der Waals surface area contributed by atoms with E-state index >= 15 is 0 Å².